The van der Waals surface area contributed by atoms with Gasteiger partial charge >= 0.3 is 0 Å². The van der Waals surface area contributed by atoms with Crippen LogP contribution < -0.4 is 0 Å². The lowest BCUT2D eigenvalue weighted by Crippen LogP contribution is -1.66. The SMILES string of the molecule is C=C/C=C(\O)C=C. The molecule has 0 spiro atoms. The summed E-state index contributed by atoms with van der Waals surface area (Å²) in [5.74, 6) is 0.148. The van der Waals surface area contributed by atoms with Gasteiger partial charge in [0.2, 0.25) is 0 Å². The van der Waals surface area contributed by atoms with Gasteiger partial charge in [-0.25, -0.2) is 0 Å². The summed E-state index contributed by atoms with van der Waals surface area (Å²) < 4.78 is 0. The summed E-state index contributed by atoms with van der Waals surface area (Å²) in [5.41, 5.74) is 0. The topological polar surface area (TPSA) is 20.2 Å². The van der Waals surface area contributed by atoms with E-state index in [1.54, 1.807) is 0 Å². The third-order valence-corrected chi connectivity index (χ3v) is 0.498. The smallest absolute Gasteiger partial charge is 0.114 e. The van der Waals surface area contributed by atoms with Gasteiger partial charge in [0.05, 0.1) is 0 Å². The van der Waals surface area contributed by atoms with Crippen LogP contribution in [-0.2, 0) is 0 Å². The maximum atomic E-state index is 8.53. The van der Waals surface area contributed by atoms with Gasteiger partial charge in [-0.05, 0) is 12.2 Å². The summed E-state index contributed by atoms with van der Waals surface area (Å²) in [6, 6.07) is 0. The minimum Gasteiger partial charge on any atom is -0.508 e. The summed E-state index contributed by atoms with van der Waals surface area (Å²) in [6.45, 7) is 6.68. The summed E-state index contributed by atoms with van der Waals surface area (Å²) >= 11 is 0. The maximum Gasteiger partial charge on any atom is 0.114 e. The van der Waals surface area contributed by atoms with Crippen molar-refractivity contribution in [2.24, 2.45) is 0 Å². The van der Waals surface area contributed by atoms with Crippen LogP contribution >= 0.6 is 0 Å². The molecule has 0 aliphatic heterocycles. The number of aliphatic hydroxyl groups is 1. The Labute approximate surface area is 43.3 Å². The van der Waals surface area contributed by atoms with Crippen molar-refractivity contribution >= 4 is 0 Å². The Morgan fingerprint density at radius 1 is 1.43 bits per heavy atom. The Morgan fingerprint density at radius 3 is 2.14 bits per heavy atom. The van der Waals surface area contributed by atoms with E-state index in [2.05, 4.69) is 13.2 Å². The number of rotatable bonds is 2. The van der Waals surface area contributed by atoms with E-state index in [0.29, 0.717) is 0 Å². The first-order valence-electron chi connectivity index (χ1n) is 1.95. The van der Waals surface area contributed by atoms with Gasteiger partial charge in [0.1, 0.15) is 5.76 Å². The quantitative estimate of drug-likeness (QED) is 0.410. The lowest BCUT2D eigenvalue weighted by atomic mass is 10.4. The zero-order valence-corrected chi connectivity index (χ0v) is 4.09. The van der Waals surface area contributed by atoms with Gasteiger partial charge in [-0.2, -0.15) is 0 Å². The second-order valence-corrected chi connectivity index (χ2v) is 1.03. The molecule has 1 heteroatoms. The largest absolute Gasteiger partial charge is 0.508 e. The fraction of sp³-hybridized carbons (Fsp3) is 0. The number of aliphatic hydroxyl groups excluding tert-OH is 1. The van der Waals surface area contributed by atoms with Crippen molar-refractivity contribution in [3.8, 4) is 0 Å². The Balaban J connectivity index is 3.72. The molecule has 0 atom stereocenters. The van der Waals surface area contributed by atoms with E-state index < -0.39 is 0 Å². The van der Waals surface area contributed by atoms with Gasteiger partial charge in [-0.3, -0.25) is 0 Å². The van der Waals surface area contributed by atoms with E-state index in [4.69, 9.17) is 5.11 Å². The average molecular weight is 96.1 g/mol. The second-order valence-electron chi connectivity index (χ2n) is 1.03. The third-order valence-electron chi connectivity index (χ3n) is 0.498. The van der Waals surface area contributed by atoms with Crippen molar-refractivity contribution in [2.75, 3.05) is 0 Å². The number of hydrogen-bond donors (Lipinski definition) is 1. The number of allylic oxidation sites excluding steroid dienone is 3. The predicted octanol–water partition coefficient (Wildman–Crippen LogP) is 1.80. The molecule has 7 heavy (non-hydrogen) atoms. The van der Waals surface area contributed by atoms with Crippen LogP contribution in [0.2, 0.25) is 0 Å². The molecule has 38 valence electrons. The van der Waals surface area contributed by atoms with E-state index in [-0.39, 0.29) is 5.76 Å². The van der Waals surface area contributed by atoms with Crippen LogP contribution in [0.4, 0.5) is 0 Å². The van der Waals surface area contributed by atoms with Crippen molar-refractivity contribution in [1.29, 1.82) is 0 Å². The Bertz CT molecular complexity index is 101. The van der Waals surface area contributed by atoms with E-state index in [1.807, 2.05) is 0 Å². The van der Waals surface area contributed by atoms with Crippen molar-refractivity contribution in [3.63, 3.8) is 0 Å². The van der Waals surface area contributed by atoms with Crippen molar-refractivity contribution < 1.29 is 5.11 Å². The second kappa shape index (κ2) is 3.22. The summed E-state index contributed by atoms with van der Waals surface area (Å²) in [7, 11) is 0. The molecule has 1 nitrogen and oxygen atoms in total. The van der Waals surface area contributed by atoms with Crippen LogP contribution in [0, 0.1) is 0 Å². The highest BCUT2D eigenvalue weighted by molar-refractivity contribution is 5.12. The Kier molecular flexibility index (Phi) is 2.77. The molecule has 0 aromatic carbocycles. The maximum absolute atomic E-state index is 8.53. The lowest BCUT2D eigenvalue weighted by Gasteiger charge is -1.80. The van der Waals surface area contributed by atoms with E-state index in [1.165, 1.54) is 18.2 Å². The molecule has 0 heterocycles. The van der Waals surface area contributed by atoms with E-state index in [9.17, 15) is 0 Å². The fourth-order valence-corrected chi connectivity index (χ4v) is 0.189. The van der Waals surface area contributed by atoms with Crippen LogP contribution in [0.3, 0.4) is 0 Å². The zero-order chi connectivity index (χ0) is 5.70. The van der Waals surface area contributed by atoms with Gasteiger partial charge in [-0.1, -0.05) is 19.2 Å². The summed E-state index contributed by atoms with van der Waals surface area (Å²) in [6.07, 6.45) is 4.31. The molecule has 0 aromatic rings. The Morgan fingerprint density at radius 2 is 2.00 bits per heavy atom. The molecule has 0 aliphatic rings. The van der Waals surface area contributed by atoms with Gasteiger partial charge in [0.25, 0.3) is 0 Å². The van der Waals surface area contributed by atoms with Crippen LogP contribution in [0.1, 0.15) is 0 Å². The predicted molar refractivity (Wildman–Crippen MR) is 31.1 cm³/mol. The molecule has 0 saturated heterocycles. The Hall–Kier alpha value is -0.980. The average Bonchev–Trinajstić information content (AvgIpc) is 1.68. The zero-order valence-electron chi connectivity index (χ0n) is 4.09. The fourth-order valence-electron chi connectivity index (χ4n) is 0.189. The standard InChI is InChI=1S/C6H8O/c1-3-5-6(7)4-2/h3-5,7H,1-2H2/b6-5-. The molecule has 0 aliphatic carbocycles. The highest BCUT2D eigenvalue weighted by Crippen LogP contribution is 1.85. The minimum atomic E-state index is 0.148. The molecule has 0 saturated carbocycles. The first kappa shape index (κ1) is 6.02. The van der Waals surface area contributed by atoms with Crippen molar-refractivity contribution in [1.82, 2.24) is 0 Å². The summed E-state index contributed by atoms with van der Waals surface area (Å²) in [5, 5.41) is 8.53. The minimum absolute atomic E-state index is 0.148. The monoisotopic (exact) mass is 96.1 g/mol. The van der Waals surface area contributed by atoms with Gasteiger partial charge in [0, 0.05) is 0 Å². The van der Waals surface area contributed by atoms with Crippen LogP contribution in [0.15, 0.2) is 37.1 Å². The third kappa shape index (κ3) is 2.83. The molecular weight excluding hydrogens is 88.1 g/mol. The van der Waals surface area contributed by atoms with Crippen molar-refractivity contribution in [3.05, 3.63) is 37.1 Å². The lowest BCUT2D eigenvalue weighted by molar-refractivity contribution is 0.433. The molecule has 0 bridgehead atoms. The molecule has 0 rings (SSSR count). The molecule has 0 aromatic heterocycles. The number of hydrogen-bond acceptors (Lipinski definition) is 1. The normalized spacial score (nSPS) is 10.6. The van der Waals surface area contributed by atoms with Gasteiger partial charge < -0.3 is 5.11 Å². The molecule has 0 amide bonds. The van der Waals surface area contributed by atoms with Gasteiger partial charge in [0.15, 0.2) is 0 Å². The first-order valence-corrected chi connectivity index (χ1v) is 1.95. The first-order chi connectivity index (χ1) is 3.31. The van der Waals surface area contributed by atoms with E-state index in [0.717, 1.165) is 0 Å². The molecular formula is C6H8O. The van der Waals surface area contributed by atoms with Crippen LogP contribution in [-0.4, -0.2) is 5.11 Å². The highest BCUT2D eigenvalue weighted by Gasteiger charge is 1.72. The van der Waals surface area contributed by atoms with Gasteiger partial charge in [-0.15, -0.1) is 0 Å². The van der Waals surface area contributed by atoms with Crippen molar-refractivity contribution in [2.45, 2.75) is 0 Å². The molecule has 0 radical (unpaired) electrons. The summed E-state index contributed by atoms with van der Waals surface area (Å²) in [4.78, 5) is 0. The molecule has 0 unspecified atom stereocenters. The molecule has 1 N–H and O–H groups in total. The van der Waals surface area contributed by atoms with E-state index >= 15 is 0 Å². The van der Waals surface area contributed by atoms with Crippen LogP contribution in [0.5, 0.6) is 0 Å². The highest BCUT2D eigenvalue weighted by atomic mass is 16.3. The van der Waals surface area contributed by atoms with Crippen LogP contribution in [0.25, 0.3) is 0 Å². The molecule has 0 fully saturated rings.